The molecule has 0 spiro atoms. The van der Waals surface area contributed by atoms with Crippen molar-refractivity contribution < 1.29 is 4.74 Å². The maximum Gasteiger partial charge on any atom is 0.191 e. The number of ether oxygens (including phenoxy) is 1. The number of rotatable bonds is 11. The third-order valence-corrected chi connectivity index (χ3v) is 4.52. The zero-order chi connectivity index (χ0) is 18.5. The standard InChI is InChI=1S/C20H36N4O.HI/c1-6-24(7-2)15-11-12-17(3)23-20(21-4)22-16-19(25-5)18-13-9-8-10-14-18;/h8-10,13-14,17,19H,6-7,11-12,15-16H2,1-5H3,(H2,21,22,23);1H. The lowest BCUT2D eigenvalue weighted by atomic mass is 10.1. The lowest BCUT2D eigenvalue weighted by molar-refractivity contribution is 0.106. The van der Waals surface area contributed by atoms with Crippen LogP contribution in [0.4, 0.5) is 0 Å². The Morgan fingerprint density at radius 1 is 1.19 bits per heavy atom. The SMILES string of the molecule is CCN(CC)CCCC(C)NC(=NC)NCC(OC)c1ccccc1.I. The number of aliphatic imine (C=N–C) groups is 1. The first-order chi connectivity index (χ1) is 12.1. The molecule has 6 heteroatoms. The normalized spacial score (nSPS) is 13.8. The number of hydrogen-bond donors (Lipinski definition) is 2. The molecule has 0 aliphatic heterocycles. The highest BCUT2D eigenvalue weighted by Gasteiger charge is 2.12. The minimum absolute atomic E-state index is 0. The number of halogens is 1. The summed E-state index contributed by atoms with van der Waals surface area (Å²) < 4.78 is 5.60. The van der Waals surface area contributed by atoms with E-state index >= 15 is 0 Å². The first-order valence-corrected chi connectivity index (χ1v) is 9.41. The van der Waals surface area contributed by atoms with E-state index in [2.05, 4.69) is 53.4 Å². The second-order valence-electron chi connectivity index (χ2n) is 6.30. The summed E-state index contributed by atoms with van der Waals surface area (Å²) in [5.74, 6) is 0.827. The number of nitrogens with one attached hydrogen (secondary N) is 2. The smallest absolute Gasteiger partial charge is 0.191 e. The Labute approximate surface area is 177 Å². The van der Waals surface area contributed by atoms with Crippen molar-refractivity contribution in [3.8, 4) is 0 Å². The second kappa shape index (κ2) is 15.2. The molecule has 0 saturated carbocycles. The molecular weight excluding hydrogens is 439 g/mol. The van der Waals surface area contributed by atoms with Gasteiger partial charge in [0.2, 0.25) is 0 Å². The predicted molar refractivity (Wildman–Crippen MR) is 123 cm³/mol. The Morgan fingerprint density at radius 2 is 1.85 bits per heavy atom. The van der Waals surface area contributed by atoms with Crippen molar-refractivity contribution in [3.05, 3.63) is 35.9 Å². The van der Waals surface area contributed by atoms with Crippen molar-refractivity contribution in [2.45, 2.75) is 45.8 Å². The van der Waals surface area contributed by atoms with Gasteiger partial charge in [0.05, 0.1) is 6.10 Å². The van der Waals surface area contributed by atoms with Crippen molar-refractivity contribution in [2.75, 3.05) is 40.3 Å². The molecule has 0 aliphatic carbocycles. The molecule has 26 heavy (non-hydrogen) atoms. The van der Waals surface area contributed by atoms with Crippen molar-refractivity contribution in [3.63, 3.8) is 0 Å². The van der Waals surface area contributed by atoms with Gasteiger partial charge in [0.25, 0.3) is 0 Å². The van der Waals surface area contributed by atoms with Crippen LogP contribution < -0.4 is 10.6 Å². The van der Waals surface area contributed by atoms with Gasteiger partial charge in [-0.1, -0.05) is 44.2 Å². The molecule has 2 unspecified atom stereocenters. The molecule has 0 fully saturated rings. The van der Waals surface area contributed by atoms with E-state index in [0.717, 1.165) is 32.0 Å². The predicted octanol–water partition coefficient (Wildman–Crippen LogP) is 3.67. The number of hydrogen-bond acceptors (Lipinski definition) is 3. The first kappa shape index (κ1) is 25.1. The van der Waals surface area contributed by atoms with Crippen LogP contribution in [0.1, 0.15) is 45.3 Å². The van der Waals surface area contributed by atoms with Gasteiger partial charge < -0.3 is 20.3 Å². The van der Waals surface area contributed by atoms with Crippen LogP contribution >= 0.6 is 24.0 Å². The van der Waals surface area contributed by atoms with Crippen LogP contribution in [0, 0.1) is 0 Å². The molecule has 2 atom stereocenters. The highest BCUT2D eigenvalue weighted by Crippen LogP contribution is 2.14. The third kappa shape index (κ3) is 9.73. The topological polar surface area (TPSA) is 48.9 Å². The van der Waals surface area contributed by atoms with Gasteiger partial charge in [-0.15, -0.1) is 24.0 Å². The molecule has 1 aromatic carbocycles. The zero-order valence-electron chi connectivity index (χ0n) is 17.0. The van der Waals surface area contributed by atoms with E-state index < -0.39 is 0 Å². The van der Waals surface area contributed by atoms with Crippen molar-refractivity contribution >= 4 is 29.9 Å². The summed E-state index contributed by atoms with van der Waals surface area (Å²) in [6.07, 6.45) is 2.33. The van der Waals surface area contributed by atoms with E-state index in [-0.39, 0.29) is 30.1 Å². The summed E-state index contributed by atoms with van der Waals surface area (Å²) in [4.78, 5) is 6.79. The van der Waals surface area contributed by atoms with Crippen LogP contribution in [0.2, 0.25) is 0 Å². The molecule has 0 radical (unpaired) electrons. The molecule has 0 heterocycles. The van der Waals surface area contributed by atoms with E-state index in [9.17, 15) is 0 Å². The fourth-order valence-corrected chi connectivity index (χ4v) is 2.86. The Morgan fingerprint density at radius 3 is 2.38 bits per heavy atom. The van der Waals surface area contributed by atoms with Gasteiger partial charge in [-0.3, -0.25) is 4.99 Å². The number of guanidine groups is 1. The van der Waals surface area contributed by atoms with Gasteiger partial charge in [0.15, 0.2) is 5.96 Å². The quantitative estimate of drug-likeness (QED) is 0.291. The Kier molecular flexibility index (Phi) is 14.7. The summed E-state index contributed by atoms with van der Waals surface area (Å²) in [5.41, 5.74) is 1.17. The zero-order valence-corrected chi connectivity index (χ0v) is 19.3. The Balaban J connectivity index is 0.00000625. The lowest BCUT2D eigenvalue weighted by Crippen LogP contribution is -2.44. The minimum Gasteiger partial charge on any atom is -0.375 e. The summed E-state index contributed by atoms with van der Waals surface area (Å²) in [6, 6.07) is 10.6. The van der Waals surface area contributed by atoms with E-state index in [1.807, 2.05) is 25.2 Å². The van der Waals surface area contributed by atoms with Crippen LogP contribution in [0.5, 0.6) is 0 Å². The number of benzene rings is 1. The summed E-state index contributed by atoms with van der Waals surface area (Å²) in [6.45, 7) is 10.7. The molecule has 0 saturated heterocycles. The minimum atomic E-state index is 0. The molecule has 1 rings (SSSR count). The molecule has 5 nitrogen and oxygen atoms in total. The highest BCUT2D eigenvalue weighted by atomic mass is 127. The Bertz CT molecular complexity index is 480. The van der Waals surface area contributed by atoms with Crippen LogP contribution in [-0.2, 0) is 4.74 Å². The van der Waals surface area contributed by atoms with E-state index in [0.29, 0.717) is 12.6 Å². The molecule has 0 bridgehead atoms. The van der Waals surface area contributed by atoms with Crippen molar-refractivity contribution in [1.29, 1.82) is 0 Å². The van der Waals surface area contributed by atoms with E-state index in [1.165, 1.54) is 12.0 Å². The van der Waals surface area contributed by atoms with Crippen LogP contribution in [0.15, 0.2) is 35.3 Å². The largest absolute Gasteiger partial charge is 0.375 e. The average Bonchev–Trinajstić information content (AvgIpc) is 2.65. The fraction of sp³-hybridized carbons (Fsp3) is 0.650. The molecule has 0 aliphatic rings. The second-order valence-corrected chi connectivity index (χ2v) is 6.30. The summed E-state index contributed by atoms with van der Waals surface area (Å²) in [7, 11) is 3.55. The maximum atomic E-state index is 5.60. The van der Waals surface area contributed by atoms with Gasteiger partial charge in [0.1, 0.15) is 0 Å². The van der Waals surface area contributed by atoms with Gasteiger partial charge in [-0.2, -0.15) is 0 Å². The Hall–Kier alpha value is -0.860. The molecule has 0 amide bonds. The molecule has 2 N–H and O–H groups in total. The van der Waals surface area contributed by atoms with E-state index in [4.69, 9.17) is 4.74 Å². The van der Waals surface area contributed by atoms with Gasteiger partial charge in [0, 0.05) is 26.7 Å². The van der Waals surface area contributed by atoms with Crippen LogP contribution in [0.25, 0.3) is 0 Å². The molecule has 1 aromatic rings. The molecular formula is C20H37IN4O. The lowest BCUT2D eigenvalue weighted by Gasteiger charge is -2.22. The maximum absolute atomic E-state index is 5.60. The van der Waals surface area contributed by atoms with Gasteiger partial charge in [-0.25, -0.2) is 0 Å². The first-order valence-electron chi connectivity index (χ1n) is 9.41. The van der Waals surface area contributed by atoms with Crippen LogP contribution in [-0.4, -0.2) is 57.2 Å². The summed E-state index contributed by atoms with van der Waals surface area (Å²) in [5, 5.41) is 6.85. The van der Waals surface area contributed by atoms with Gasteiger partial charge in [-0.05, 0) is 45.0 Å². The third-order valence-electron chi connectivity index (χ3n) is 4.52. The average molecular weight is 476 g/mol. The van der Waals surface area contributed by atoms with Crippen molar-refractivity contribution in [1.82, 2.24) is 15.5 Å². The van der Waals surface area contributed by atoms with Crippen LogP contribution in [0.3, 0.4) is 0 Å². The highest BCUT2D eigenvalue weighted by molar-refractivity contribution is 14.0. The number of methoxy groups -OCH3 is 1. The van der Waals surface area contributed by atoms with Crippen molar-refractivity contribution in [2.24, 2.45) is 4.99 Å². The summed E-state index contributed by atoms with van der Waals surface area (Å²) >= 11 is 0. The number of nitrogens with zero attached hydrogens (tertiary/aromatic N) is 2. The van der Waals surface area contributed by atoms with Gasteiger partial charge >= 0.3 is 0 Å². The fourth-order valence-electron chi connectivity index (χ4n) is 2.86. The van der Waals surface area contributed by atoms with E-state index in [1.54, 1.807) is 7.11 Å². The molecule has 0 aromatic heterocycles. The molecule has 150 valence electrons. The monoisotopic (exact) mass is 476 g/mol.